The number of thiophene rings is 1. The molecular weight excluding hydrogens is 258 g/mol. The van der Waals surface area contributed by atoms with Gasteiger partial charge in [0, 0.05) is 10.1 Å². The van der Waals surface area contributed by atoms with Gasteiger partial charge < -0.3 is 5.73 Å². The number of nitrogens with two attached hydrogens (primary N) is 1. The minimum Gasteiger partial charge on any atom is -0.365 e. The highest BCUT2D eigenvalue weighted by Gasteiger charge is 2.31. The molecule has 0 aliphatic carbocycles. The van der Waals surface area contributed by atoms with Crippen molar-refractivity contribution in [1.29, 1.82) is 0 Å². The first-order valence-electron chi connectivity index (χ1n) is 4.40. The van der Waals surface area contributed by atoms with Crippen molar-refractivity contribution in [3.63, 3.8) is 0 Å². The third-order valence-corrected chi connectivity index (χ3v) is 3.32. The first kappa shape index (κ1) is 11.8. The van der Waals surface area contributed by atoms with Gasteiger partial charge in [0.05, 0.1) is 5.56 Å². The Hall–Kier alpha value is -1.63. The number of carbonyl (C=O) groups excluding carboxylic acids is 1. The molecule has 0 atom stereocenters. The highest BCUT2D eigenvalue weighted by molar-refractivity contribution is 7.20. The molecule has 0 saturated heterocycles. The number of fused-ring (bicyclic) bond motifs is 1. The predicted octanol–water partition coefficient (Wildman–Crippen LogP) is 3.16. The number of hydrogen-bond acceptors (Lipinski definition) is 2. The number of primary amides is 1. The third kappa shape index (κ3) is 1.97. The average molecular weight is 263 g/mol. The van der Waals surface area contributed by atoms with Gasteiger partial charge >= 0.3 is 6.18 Å². The molecule has 7 heteroatoms. The van der Waals surface area contributed by atoms with Gasteiger partial charge in [-0.1, -0.05) is 0 Å². The zero-order chi connectivity index (χ0) is 12.8. The molecule has 0 radical (unpaired) electrons. The summed E-state index contributed by atoms with van der Waals surface area (Å²) >= 11 is 0.613. The van der Waals surface area contributed by atoms with Gasteiger partial charge in [0.2, 0.25) is 0 Å². The van der Waals surface area contributed by atoms with Crippen molar-refractivity contribution in [2.75, 3.05) is 0 Å². The van der Waals surface area contributed by atoms with Crippen LogP contribution >= 0.6 is 11.3 Å². The van der Waals surface area contributed by atoms with Gasteiger partial charge in [-0.15, -0.1) is 11.3 Å². The van der Waals surface area contributed by atoms with Crippen LogP contribution in [-0.2, 0) is 6.18 Å². The molecule has 1 amide bonds. The van der Waals surface area contributed by atoms with Crippen LogP contribution < -0.4 is 5.73 Å². The van der Waals surface area contributed by atoms with Crippen molar-refractivity contribution in [1.82, 2.24) is 0 Å². The van der Waals surface area contributed by atoms with E-state index in [2.05, 4.69) is 0 Å². The summed E-state index contributed by atoms with van der Waals surface area (Å²) in [6, 6.07) is 2.56. The normalized spacial score (nSPS) is 12.0. The summed E-state index contributed by atoms with van der Waals surface area (Å²) in [7, 11) is 0. The zero-order valence-corrected chi connectivity index (χ0v) is 8.95. The summed E-state index contributed by atoms with van der Waals surface area (Å²) < 4.78 is 50.8. The van der Waals surface area contributed by atoms with E-state index in [9.17, 15) is 22.4 Å². The highest BCUT2D eigenvalue weighted by Crippen LogP contribution is 2.35. The Balaban J connectivity index is 2.68. The molecule has 0 saturated carbocycles. The number of amides is 1. The van der Waals surface area contributed by atoms with Crippen LogP contribution in [-0.4, -0.2) is 5.91 Å². The third-order valence-electron chi connectivity index (χ3n) is 2.18. The molecule has 0 spiro atoms. The maximum atomic E-state index is 13.5. The lowest BCUT2D eigenvalue weighted by Crippen LogP contribution is -2.10. The predicted molar refractivity (Wildman–Crippen MR) is 55.3 cm³/mol. The molecule has 90 valence electrons. The number of carbonyl (C=O) groups is 1. The van der Waals surface area contributed by atoms with Crippen molar-refractivity contribution >= 4 is 27.3 Å². The molecule has 0 unspecified atom stereocenters. The quantitative estimate of drug-likeness (QED) is 0.789. The summed E-state index contributed by atoms with van der Waals surface area (Å²) in [6.45, 7) is 0. The van der Waals surface area contributed by atoms with Crippen molar-refractivity contribution < 1.29 is 22.4 Å². The molecule has 0 fully saturated rings. The van der Waals surface area contributed by atoms with Gasteiger partial charge in [-0.2, -0.15) is 13.2 Å². The number of alkyl halides is 3. The molecule has 17 heavy (non-hydrogen) atoms. The maximum absolute atomic E-state index is 13.5. The van der Waals surface area contributed by atoms with Crippen LogP contribution in [0.4, 0.5) is 17.6 Å². The van der Waals surface area contributed by atoms with Gasteiger partial charge in [-0.05, 0) is 18.2 Å². The Morgan fingerprint density at radius 2 is 1.94 bits per heavy atom. The Kier molecular flexibility index (Phi) is 2.57. The van der Waals surface area contributed by atoms with E-state index in [1.807, 2.05) is 0 Å². The molecule has 2 N–H and O–H groups in total. The first-order chi connectivity index (χ1) is 7.80. The van der Waals surface area contributed by atoms with E-state index in [4.69, 9.17) is 5.73 Å². The molecule has 0 bridgehead atoms. The van der Waals surface area contributed by atoms with Gasteiger partial charge in [-0.3, -0.25) is 4.79 Å². The Bertz CT molecular complexity index is 602. The second kappa shape index (κ2) is 3.69. The van der Waals surface area contributed by atoms with Gasteiger partial charge in [-0.25, -0.2) is 4.39 Å². The van der Waals surface area contributed by atoms with E-state index in [1.165, 1.54) is 0 Å². The second-order valence-corrected chi connectivity index (χ2v) is 4.37. The zero-order valence-electron chi connectivity index (χ0n) is 8.14. The molecule has 2 aromatic rings. The van der Waals surface area contributed by atoms with E-state index in [0.717, 1.165) is 18.2 Å². The summed E-state index contributed by atoms with van der Waals surface area (Å²) in [5.41, 5.74) is 4.02. The molecule has 1 aromatic heterocycles. The van der Waals surface area contributed by atoms with Crippen molar-refractivity contribution in [3.05, 3.63) is 34.5 Å². The molecule has 1 aromatic carbocycles. The van der Waals surface area contributed by atoms with Crippen molar-refractivity contribution in [3.8, 4) is 0 Å². The van der Waals surface area contributed by atoms with Crippen molar-refractivity contribution in [2.24, 2.45) is 5.73 Å². The second-order valence-electron chi connectivity index (χ2n) is 3.32. The minimum absolute atomic E-state index is 0.0307. The molecule has 2 rings (SSSR count). The fourth-order valence-electron chi connectivity index (χ4n) is 1.40. The van der Waals surface area contributed by atoms with Crippen molar-refractivity contribution in [2.45, 2.75) is 6.18 Å². The molecule has 2 nitrogen and oxygen atoms in total. The Labute approximate surface area is 96.6 Å². The molecule has 1 heterocycles. The van der Waals surface area contributed by atoms with Gasteiger partial charge in [0.15, 0.2) is 5.82 Å². The first-order valence-corrected chi connectivity index (χ1v) is 5.21. The number of rotatable bonds is 1. The van der Waals surface area contributed by atoms with Crippen LogP contribution in [0.5, 0.6) is 0 Å². The fourth-order valence-corrected chi connectivity index (χ4v) is 2.37. The van der Waals surface area contributed by atoms with Crippen LogP contribution in [0.25, 0.3) is 10.1 Å². The number of benzene rings is 1. The summed E-state index contributed by atoms with van der Waals surface area (Å²) in [5, 5.41) is -0.0307. The monoisotopic (exact) mass is 263 g/mol. The Morgan fingerprint density at radius 1 is 1.29 bits per heavy atom. The average Bonchev–Trinajstić information content (AvgIpc) is 2.54. The van der Waals surface area contributed by atoms with E-state index in [-0.39, 0.29) is 15.0 Å². The van der Waals surface area contributed by atoms with E-state index >= 15 is 0 Å². The van der Waals surface area contributed by atoms with E-state index in [0.29, 0.717) is 11.3 Å². The molecule has 0 aliphatic heterocycles. The standard InChI is InChI=1S/C10H5F4NOS/c11-7-5-2-1-4(10(12,13)14)3-6(5)17-8(7)9(15)16/h1-3H,(H2,15,16). The SMILES string of the molecule is NC(=O)c1sc2cc(C(F)(F)F)ccc2c1F. The Morgan fingerprint density at radius 3 is 2.47 bits per heavy atom. The molecule has 0 aliphatic rings. The van der Waals surface area contributed by atoms with Crippen LogP contribution in [0.15, 0.2) is 18.2 Å². The largest absolute Gasteiger partial charge is 0.416 e. The summed E-state index contributed by atoms with van der Waals surface area (Å²) in [4.78, 5) is 10.5. The summed E-state index contributed by atoms with van der Waals surface area (Å²) in [6.07, 6.45) is -4.50. The fraction of sp³-hybridized carbons (Fsp3) is 0.100. The lowest BCUT2D eigenvalue weighted by Gasteiger charge is -2.05. The number of hydrogen-bond donors (Lipinski definition) is 1. The number of halogens is 4. The lowest BCUT2D eigenvalue weighted by atomic mass is 10.1. The van der Waals surface area contributed by atoms with Crippen LogP contribution in [0, 0.1) is 5.82 Å². The highest BCUT2D eigenvalue weighted by atomic mass is 32.1. The summed E-state index contributed by atoms with van der Waals surface area (Å²) in [5.74, 6) is -1.86. The van der Waals surface area contributed by atoms with E-state index in [1.54, 1.807) is 0 Å². The van der Waals surface area contributed by atoms with E-state index < -0.39 is 23.5 Å². The van der Waals surface area contributed by atoms with Gasteiger partial charge in [0.1, 0.15) is 4.88 Å². The smallest absolute Gasteiger partial charge is 0.365 e. The topological polar surface area (TPSA) is 43.1 Å². The lowest BCUT2D eigenvalue weighted by molar-refractivity contribution is -0.137. The maximum Gasteiger partial charge on any atom is 0.416 e. The minimum atomic E-state index is -4.50. The van der Waals surface area contributed by atoms with Crippen LogP contribution in [0.2, 0.25) is 0 Å². The van der Waals surface area contributed by atoms with Crippen LogP contribution in [0.1, 0.15) is 15.2 Å². The van der Waals surface area contributed by atoms with Crippen LogP contribution in [0.3, 0.4) is 0 Å². The van der Waals surface area contributed by atoms with Gasteiger partial charge in [0.25, 0.3) is 5.91 Å². The molecular formula is C10H5F4NOS.